The fourth-order valence-corrected chi connectivity index (χ4v) is 3.66. The van der Waals surface area contributed by atoms with Gasteiger partial charge in [-0.1, -0.05) is 42.5 Å². The maximum atomic E-state index is 11.5. The molecule has 0 aliphatic rings. The van der Waals surface area contributed by atoms with Gasteiger partial charge in [0.15, 0.2) is 0 Å². The van der Waals surface area contributed by atoms with Gasteiger partial charge in [-0.05, 0) is 35.4 Å². The molecule has 7 nitrogen and oxygen atoms in total. The van der Waals surface area contributed by atoms with E-state index < -0.39 is 14.9 Å². The number of hydrogen-bond acceptors (Lipinski definition) is 5. The lowest BCUT2D eigenvalue weighted by molar-refractivity contribution is -0.384. The van der Waals surface area contributed by atoms with Crippen molar-refractivity contribution in [3.63, 3.8) is 0 Å². The molecule has 0 atom stereocenters. The Morgan fingerprint density at radius 3 is 2.13 bits per heavy atom. The largest absolute Gasteiger partial charge is 0.270 e. The Hall–Kier alpha value is -3.33. The van der Waals surface area contributed by atoms with E-state index in [0.717, 1.165) is 11.1 Å². The first-order valence-electron chi connectivity index (χ1n) is 8.61. The van der Waals surface area contributed by atoms with Crippen LogP contribution >= 0.6 is 12.4 Å². The van der Waals surface area contributed by atoms with Gasteiger partial charge < -0.3 is 0 Å². The van der Waals surface area contributed by atoms with Gasteiger partial charge in [0.25, 0.3) is 5.69 Å². The summed E-state index contributed by atoms with van der Waals surface area (Å²) in [4.78, 5) is 15.4. The molecule has 0 bridgehead atoms. The monoisotopic (exact) mass is 441 g/mol. The van der Waals surface area contributed by atoms with Crippen LogP contribution in [0.4, 0.5) is 5.69 Å². The van der Waals surface area contributed by atoms with E-state index in [2.05, 4.69) is 4.98 Å². The molecule has 0 aliphatic heterocycles. The molecule has 4 aromatic rings. The summed E-state index contributed by atoms with van der Waals surface area (Å²) in [6, 6.07) is 22.0. The Morgan fingerprint density at radius 2 is 1.53 bits per heavy atom. The Balaban J connectivity index is 0.00000256. The van der Waals surface area contributed by atoms with Gasteiger partial charge in [0.1, 0.15) is 0 Å². The zero-order valence-electron chi connectivity index (χ0n) is 15.4. The predicted octanol–water partition coefficient (Wildman–Crippen LogP) is 4.55. The lowest BCUT2D eigenvalue weighted by Crippen LogP contribution is -2.11. The van der Waals surface area contributed by atoms with Gasteiger partial charge in [0.05, 0.1) is 21.0 Å². The molecule has 2 N–H and O–H groups in total. The average molecular weight is 442 g/mol. The van der Waals surface area contributed by atoms with E-state index in [-0.39, 0.29) is 23.0 Å². The number of fused-ring (bicyclic) bond motifs is 1. The summed E-state index contributed by atoms with van der Waals surface area (Å²) in [6.45, 7) is 0. The zero-order chi connectivity index (χ0) is 20.6. The van der Waals surface area contributed by atoms with Gasteiger partial charge in [-0.3, -0.25) is 10.1 Å². The van der Waals surface area contributed by atoms with Crippen LogP contribution in [-0.2, 0) is 10.0 Å². The smallest absolute Gasteiger partial charge is 0.258 e. The molecule has 0 aliphatic carbocycles. The second-order valence-corrected chi connectivity index (χ2v) is 8.01. The van der Waals surface area contributed by atoms with Crippen molar-refractivity contribution in [2.45, 2.75) is 4.90 Å². The van der Waals surface area contributed by atoms with E-state index in [1.165, 1.54) is 24.3 Å². The number of non-ortho nitro benzene ring substituents is 1. The molecule has 3 aromatic carbocycles. The van der Waals surface area contributed by atoms with Crippen molar-refractivity contribution in [1.82, 2.24) is 4.98 Å². The normalized spacial score (nSPS) is 11.1. The second-order valence-electron chi connectivity index (χ2n) is 6.45. The minimum absolute atomic E-state index is 0. The highest BCUT2D eigenvalue weighted by Gasteiger charge is 2.14. The highest BCUT2D eigenvalue weighted by Crippen LogP contribution is 2.34. The van der Waals surface area contributed by atoms with Gasteiger partial charge in [0.2, 0.25) is 10.0 Å². The van der Waals surface area contributed by atoms with Crippen molar-refractivity contribution in [1.29, 1.82) is 0 Å². The van der Waals surface area contributed by atoms with Gasteiger partial charge in [-0.2, -0.15) is 0 Å². The SMILES string of the molecule is Cl.NS(=O)(=O)c1ccc(-c2cc(-c3ccccc3)c3cc([N+](=O)[O-])ccc3n2)cc1. The van der Waals surface area contributed by atoms with Crippen molar-refractivity contribution < 1.29 is 13.3 Å². The molecule has 152 valence electrons. The Bertz CT molecular complexity index is 1340. The number of hydrogen-bond donors (Lipinski definition) is 1. The Kier molecular flexibility index (Phi) is 5.84. The minimum Gasteiger partial charge on any atom is -0.258 e. The third-order valence-electron chi connectivity index (χ3n) is 4.57. The Morgan fingerprint density at radius 1 is 0.867 bits per heavy atom. The fraction of sp³-hybridized carbons (Fsp3) is 0. The number of nitrogens with two attached hydrogens (primary N) is 1. The number of benzene rings is 3. The Labute approximate surface area is 178 Å². The van der Waals surface area contributed by atoms with Crippen LogP contribution < -0.4 is 5.14 Å². The summed E-state index contributed by atoms with van der Waals surface area (Å²) in [6.07, 6.45) is 0. The lowest BCUT2D eigenvalue weighted by atomic mass is 9.98. The van der Waals surface area contributed by atoms with Crippen LogP contribution in [0.25, 0.3) is 33.3 Å². The molecule has 0 spiro atoms. The number of aromatic nitrogens is 1. The summed E-state index contributed by atoms with van der Waals surface area (Å²) in [5, 5.41) is 17.0. The maximum Gasteiger partial charge on any atom is 0.270 e. The van der Waals surface area contributed by atoms with E-state index >= 15 is 0 Å². The number of sulfonamides is 1. The van der Waals surface area contributed by atoms with Crippen LogP contribution in [-0.4, -0.2) is 18.3 Å². The summed E-state index contributed by atoms with van der Waals surface area (Å²) >= 11 is 0. The molecule has 0 unspecified atom stereocenters. The molecule has 30 heavy (non-hydrogen) atoms. The molecule has 0 amide bonds. The quantitative estimate of drug-likeness (QED) is 0.368. The van der Waals surface area contributed by atoms with Crippen molar-refractivity contribution in [2.24, 2.45) is 5.14 Å². The molecule has 1 heterocycles. The molecular weight excluding hydrogens is 426 g/mol. The van der Waals surface area contributed by atoms with Crippen LogP contribution in [0, 0.1) is 10.1 Å². The number of rotatable bonds is 4. The van der Waals surface area contributed by atoms with Gasteiger partial charge in [-0.15, -0.1) is 12.4 Å². The number of nitrogens with zero attached hydrogens (tertiary/aromatic N) is 2. The topological polar surface area (TPSA) is 116 Å². The van der Waals surface area contributed by atoms with Crippen LogP contribution in [0.1, 0.15) is 0 Å². The number of nitro groups is 1. The average Bonchev–Trinajstić information content (AvgIpc) is 2.72. The fourth-order valence-electron chi connectivity index (χ4n) is 3.15. The van der Waals surface area contributed by atoms with Gasteiger partial charge >= 0.3 is 0 Å². The first kappa shape index (κ1) is 21.4. The standard InChI is InChI=1S/C21H15N3O4S.ClH/c22-29(27,28)17-9-6-15(7-10-17)21-13-18(14-4-2-1-3-5-14)19-12-16(24(25)26)8-11-20(19)23-21;/h1-13H,(H2,22,27,28);1H. The lowest BCUT2D eigenvalue weighted by Gasteiger charge is -2.11. The summed E-state index contributed by atoms with van der Waals surface area (Å²) < 4.78 is 23.0. The van der Waals surface area contributed by atoms with Gasteiger partial charge in [0, 0.05) is 23.1 Å². The van der Waals surface area contributed by atoms with E-state index in [9.17, 15) is 18.5 Å². The van der Waals surface area contributed by atoms with Crippen LogP contribution in [0.15, 0.2) is 83.8 Å². The van der Waals surface area contributed by atoms with E-state index in [4.69, 9.17) is 5.14 Å². The van der Waals surface area contributed by atoms with Crippen molar-refractivity contribution in [2.75, 3.05) is 0 Å². The van der Waals surface area contributed by atoms with Crippen molar-refractivity contribution in [3.8, 4) is 22.4 Å². The molecule has 0 radical (unpaired) electrons. The molecule has 0 saturated heterocycles. The number of nitro benzene ring substituents is 1. The zero-order valence-corrected chi connectivity index (χ0v) is 17.1. The van der Waals surface area contributed by atoms with Crippen LogP contribution in [0.3, 0.4) is 0 Å². The van der Waals surface area contributed by atoms with Crippen molar-refractivity contribution >= 4 is 39.0 Å². The predicted molar refractivity (Wildman–Crippen MR) is 118 cm³/mol. The second kappa shape index (κ2) is 8.19. The van der Waals surface area contributed by atoms with E-state index in [0.29, 0.717) is 22.2 Å². The summed E-state index contributed by atoms with van der Waals surface area (Å²) in [7, 11) is -3.78. The molecular formula is C21H16ClN3O4S. The summed E-state index contributed by atoms with van der Waals surface area (Å²) in [5.41, 5.74) is 3.60. The highest BCUT2D eigenvalue weighted by molar-refractivity contribution is 7.89. The highest BCUT2D eigenvalue weighted by atomic mass is 35.5. The first-order chi connectivity index (χ1) is 13.8. The molecule has 1 aromatic heterocycles. The first-order valence-corrected chi connectivity index (χ1v) is 10.2. The summed E-state index contributed by atoms with van der Waals surface area (Å²) in [5.74, 6) is 0. The number of primary sulfonamides is 1. The van der Waals surface area contributed by atoms with Crippen molar-refractivity contribution in [3.05, 3.63) is 89.0 Å². The third kappa shape index (κ3) is 4.16. The number of pyridine rings is 1. The van der Waals surface area contributed by atoms with Crippen LogP contribution in [0.2, 0.25) is 0 Å². The molecule has 0 saturated carbocycles. The molecule has 0 fully saturated rings. The van der Waals surface area contributed by atoms with Gasteiger partial charge in [-0.25, -0.2) is 18.5 Å². The maximum absolute atomic E-state index is 11.5. The third-order valence-corrected chi connectivity index (χ3v) is 5.50. The number of halogens is 1. The molecule has 9 heteroatoms. The van der Waals surface area contributed by atoms with E-state index in [1.54, 1.807) is 18.2 Å². The van der Waals surface area contributed by atoms with Crippen LogP contribution in [0.5, 0.6) is 0 Å². The molecule has 4 rings (SSSR count). The van der Waals surface area contributed by atoms with E-state index in [1.807, 2.05) is 36.4 Å². The minimum atomic E-state index is -3.78.